The number of nitrogens with zero attached hydrogens (tertiary/aromatic N) is 4. The Labute approximate surface area is 158 Å². The molecule has 1 aromatic carbocycles. The number of rotatable bonds is 4. The van der Waals surface area contributed by atoms with Gasteiger partial charge >= 0.3 is 0 Å². The number of amides is 1. The van der Waals surface area contributed by atoms with Crippen LogP contribution in [0.2, 0.25) is 0 Å². The Bertz CT molecular complexity index is 812. The van der Waals surface area contributed by atoms with E-state index in [-0.39, 0.29) is 5.91 Å². The van der Waals surface area contributed by atoms with E-state index in [2.05, 4.69) is 43.3 Å². The van der Waals surface area contributed by atoms with Crippen LogP contribution in [-0.4, -0.2) is 72.4 Å². The van der Waals surface area contributed by atoms with Crippen molar-refractivity contribution in [1.82, 2.24) is 19.6 Å². The maximum Gasteiger partial charge on any atom is 0.274 e. The number of thioether (sulfide) groups is 1. The molecule has 0 radical (unpaired) electrons. The average molecular weight is 372 g/mol. The molecule has 4 rings (SSSR count). The van der Waals surface area contributed by atoms with Crippen LogP contribution >= 0.6 is 11.8 Å². The van der Waals surface area contributed by atoms with Crippen molar-refractivity contribution in [2.45, 2.75) is 17.2 Å². The summed E-state index contributed by atoms with van der Waals surface area (Å²) in [7, 11) is 4.11. The molecule has 2 aliphatic rings. The Morgan fingerprint density at radius 2 is 2.04 bits per heavy atom. The number of fused-ring (bicyclic) bond motifs is 3. The molecule has 0 saturated carbocycles. The minimum atomic E-state index is 0.0353. The van der Waals surface area contributed by atoms with Gasteiger partial charge in [-0.2, -0.15) is 5.10 Å². The largest absolute Gasteiger partial charge is 0.378 e. The number of likely N-dealkylation sites (N-methyl/N-ethyl adjacent to an activating group) is 1. The van der Waals surface area contributed by atoms with Crippen molar-refractivity contribution in [2.24, 2.45) is 0 Å². The maximum absolute atomic E-state index is 13.1. The molecule has 1 fully saturated rings. The Balaban J connectivity index is 1.75. The van der Waals surface area contributed by atoms with Gasteiger partial charge < -0.3 is 14.5 Å². The molecule has 0 spiro atoms. The van der Waals surface area contributed by atoms with E-state index in [9.17, 15) is 4.79 Å². The Kier molecular flexibility index (Phi) is 5.02. The molecule has 0 N–H and O–H groups in total. The second kappa shape index (κ2) is 7.42. The predicted octanol–water partition coefficient (Wildman–Crippen LogP) is 2.19. The third-order valence-electron chi connectivity index (χ3n) is 4.82. The minimum absolute atomic E-state index is 0.0353. The molecule has 138 valence electrons. The first kappa shape index (κ1) is 17.6. The summed E-state index contributed by atoms with van der Waals surface area (Å²) in [6.07, 6.45) is 0. The molecule has 1 aromatic heterocycles. The Morgan fingerprint density at radius 3 is 2.81 bits per heavy atom. The Hall–Kier alpha value is -1.83. The number of hydrogen-bond acceptors (Lipinski definition) is 5. The molecule has 0 atom stereocenters. The molecule has 2 aromatic rings. The first-order valence-corrected chi connectivity index (χ1v) is 9.97. The van der Waals surface area contributed by atoms with Crippen LogP contribution in [0.15, 0.2) is 29.2 Å². The first-order valence-electron chi connectivity index (χ1n) is 8.99. The zero-order valence-electron chi connectivity index (χ0n) is 15.3. The third-order valence-corrected chi connectivity index (χ3v) is 5.92. The second-order valence-corrected chi connectivity index (χ2v) is 7.91. The second-order valence-electron chi connectivity index (χ2n) is 6.89. The van der Waals surface area contributed by atoms with Gasteiger partial charge in [0.05, 0.1) is 25.5 Å². The topological polar surface area (TPSA) is 50.6 Å². The van der Waals surface area contributed by atoms with Crippen LogP contribution in [0.1, 0.15) is 16.1 Å². The van der Waals surface area contributed by atoms with Crippen molar-refractivity contribution < 1.29 is 9.53 Å². The Morgan fingerprint density at radius 1 is 1.27 bits per heavy atom. The standard InChI is InChI=1S/C19H24N4O2S/c1-21(2)7-8-23-18-14-5-3-4-6-16(14)26-13-15(18)17(20-23)19(24)22-9-11-25-12-10-22/h3-6H,7-13H2,1-2H3. The van der Waals surface area contributed by atoms with E-state index >= 15 is 0 Å². The minimum Gasteiger partial charge on any atom is -0.378 e. The fourth-order valence-corrected chi connectivity index (χ4v) is 4.49. The quantitative estimate of drug-likeness (QED) is 0.823. The molecule has 0 aliphatic carbocycles. The molecule has 1 amide bonds. The number of ether oxygens (including phenoxy) is 1. The molecule has 0 bridgehead atoms. The number of hydrogen-bond donors (Lipinski definition) is 0. The first-order chi connectivity index (χ1) is 12.6. The summed E-state index contributed by atoms with van der Waals surface area (Å²) in [5, 5.41) is 4.78. The highest BCUT2D eigenvalue weighted by Gasteiger charge is 2.31. The van der Waals surface area contributed by atoms with Gasteiger partial charge in [0, 0.05) is 41.4 Å². The lowest BCUT2D eigenvalue weighted by Gasteiger charge is -2.26. The van der Waals surface area contributed by atoms with Crippen molar-refractivity contribution in [1.29, 1.82) is 0 Å². The van der Waals surface area contributed by atoms with Crippen molar-refractivity contribution in [3.8, 4) is 11.3 Å². The summed E-state index contributed by atoms with van der Waals surface area (Å²) in [6.45, 7) is 4.14. The third kappa shape index (κ3) is 3.26. The molecule has 2 aliphatic heterocycles. The van der Waals surface area contributed by atoms with Crippen molar-refractivity contribution >= 4 is 17.7 Å². The van der Waals surface area contributed by atoms with E-state index in [0.29, 0.717) is 32.0 Å². The predicted molar refractivity (Wildman–Crippen MR) is 103 cm³/mol. The van der Waals surface area contributed by atoms with Crippen molar-refractivity contribution in [3.63, 3.8) is 0 Å². The van der Waals surface area contributed by atoms with Gasteiger partial charge in [0.1, 0.15) is 0 Å². The molecule has 3 heterocycles. The van der Waals surface area contributed by atoms with Gasteiger partial charge in [-0.25, -0.2) is 0 Å². The fraction of sp³-hybridized carbons (Fsp3) is 0.474. The van der Waals surface area contributed by atoms with Gasteiger partial charge in [-0.3, -0.25) is 9.48 Å². The van der Waals surface area contributed by atoms with Crippen LogP contribution in [-0.2, 0) is 17.0 Å². The number of benzene rings is 1. The van der Waals surface area contributed by atoms with Gasteiger partial charge in [0.25, 0.3) is 5.91 Å². The summed E-state index contributed by atoms with van der Waals surface area (Å²) in [5.41, 5.74) is 3.98. The molecule has 0 unspecified atom stereocenters. The van der Waals surface area contributed by atoms with E-state index < -0.39 is 0 Å². The number of carbonyl (C=O) groups is 1. The summed E-state index contributed by atoms with van der Waals surface area (Å²) >= 11 is 1.79. The molecule has 7 heteroatoms. The van der Waals surface area contributed by atoms with Gasteiger partial charge in [0.15, 0.2) is 5.69 Å². The lowest BCUT2D eigenvalue weighted by molar-refractivity contribution is 0.0298. The lowest BCUT2D eigenvalue weighted by atomic mass is 10.1. The normalized spacial score (nSPS) is 16.5. The van der Waals surface area contributed by atoms with Crippen LogP contribution in [0.4, 0.5) is 0 Å². The zero-order valence-corrected chi connectivity index (χ0v) is 16.1. The molecular weight excluding hydrogens is 348 g/mol. The van der Waals surface area contributed by atoms with Gasteiger partial charge in [-0.15, -0.1) is 11.8 Å². The smallest absolute Gasteiger partial charge is 0.274 e. The van der Waals surface area contributed by atoms with Crippen LogP contribution in [0.25, 0.3) is 11.3 Å². The number of carbonyl (C=O) groups excluding carboxylic acids is 1. The van der Waals surface area contributed by atoms with Gasteiger partial charge in [-0.1, -0.05) is 18.2 Å². The lowest BCUT2D eigenvalue weighted by Crippen LogP contribution is -2.41. The van der Waals surface area contributed by atoms with E-state index in [0.717, 1.165) is 30.1 Å². The van der Waals surface area contributed by atoms with Crippen molar-refractivity contribution in [3.05, 3.63) is 35.5 Å². The summed E-state index contributed by atoms with van der Waals surface area (Å²) < 4.78 is 7.42. The van der Waals surface area contributed by atoms with Crippen LogP contribution in [0.3, 0.4) is 0 Å². The summed E-state index contributed by atoms with van der Waals surface area (Å²) in [4.78, 5) is 18.4. The highest BCUT2D eigenvalue weighted by molar-refractivity contribution is 7.98. The maximum atomic E-state index is 13.1. The number of aromatic nitrogens is 2. The highest BCUT2D eigenvalue weighted by atomic mass is 32.2. The van der Waals surface area contributed by atoms with Crippen molar-refractivity contribution in [2.75, 3.05) is 46.9 Å². The van der Waals surface area contributed by atoms with Crippen LogP contribution in [0, 0.1) is 0 Å². The SMILES string of the molecule is CN(C)CCn1nc(C(=O)N2CCOCC2)c2c1-c1ccccc1SC2. The molecule has 6 nitrogen and oxygen atoms in total. The molecule has 26 heavy (non-hydrogen) atoms. The average Bonchev–Trinajstić information content (AvgIpc) is 3.05. The fourth-order valence-electron chi connectivity index (χ4n) is 3.42. The van der Waals surface area contributed by atoms with Crippen LogP contribution in [0.5, 0.6) is 0 Å². The summed E-state index contributed by atoms with van der Waals surface area (Å²) in [6, 6.07) is 8.41. The monoisotopic (exact) mass is 372 g/mol. The highest BCUT2D eigenvalue weighted by Crippen LogP contribution is 2.42. The van der Waals surface area contributed by atoms with Crippen LogP contribution < -0.4 is 0 Å². The molecule has 1 saturated heterocycles. The van der Waals surface area contributed by atoms with Gasteiger partial charge in [0.2, 0.25) is 0 Å². The van der Waals surface area contributed by atoms with E-state index in [1.165, 1.54) is 10.5 Å². The van der Waals surface area contributed by atoms with Gasteiger partial charge in [-0.05, 0) is 20.2 Å². The van der Waals surface area contributed by atoms with E-state index in [1.54, 1.807) is 11.8 Å². The molecular formula is C19H24N4O2S. The van der Waals surface area contributed by atoms with E-state index in [4.69, 9.17) is 9.84 Å². The summed E-state index contributed by atoms with van der Waals surface area (Å²) in [5.74, 6) is 0.827. The zero-order chi connectivity index (χ0) is 18.1. The van der Waals surface area contributed by atoms with E-state index in [1.807, 2.05) is 9.58 Å². The number of morpholine rings is 1.